The normalized spacial score (nSPS) is 13.2. The van der Waals surface area contributed by atoms with Crippen LogP contribution in [-0.2, 0) is 25.8 Å². The number of carbonyl (C=O) groups is 3. The molecule has 0 spiro atoms. The molecule has 0 bridgehead atoms. The number of nitrogens with one attached hydrogen (secondary N) is 2. The molecule has 0 radical (unpaired) electrons. The zero-order chi connectivity index (χ0) is 25.3. The monoisotopic (exact) mass is 509 g/mol. The summed E-state index contributed by atoms with van der Waals surface area (Å²) >= 11 is 1.04. The van der Waals surface area contributed by atoms with Crippen molar-refractivity contribution in [3.8, 4) is 0 Å². The molecule has 1 aromatic heterocycles. The van der Waals surface area contributed by atoms with Gasteiger partial charge in [0, 0.05) is 13.5 Å². The number of urea groups is 1. The Labute approximate surface area is 204 Å². The van der Waals surface area contributed by atoms with E-state index in [0.717, 1.165) is 16.9 Å². The Morgan fingerprint density at radius 1 is 1.06 bits per heavy atom. The van der Waals surface area contributed by atoms with Gasteiger partial charge in [-0.3, -0.25) is 14.8 Å². The summed E-state index contributed by atoms with van der Waals surface area (Å²) in [4.78, 5) is 37.9. The van der Waals surface area contributed by atoms with Crippen LogP contribution in [0.3, 0.4) is 0 Å². The Morgan fingerprint density at radius 3 is 2.29 bits per heavy atom. The van der Waals surface area contributed by atoms with E-state index < -0.39 is 45.4 Å². The van der Waals surface area contributed by atoms with Crippen LogP contribution in [0.1, 0.15) is 32.3 Å². The first kappa shape index (κ1) is 27.5. The van der Waals surface area contributed by atoms with Crippen LogP contribution >= 0.6 is 11.3 Å². The number of rotatable bonds is 11. The Morgan fingerprint density at radius 2 is 1.74 bits per heavy atom. The topological polar surface area (TPSA) is 133 Å². The van der Waals surface area contributed by atoms with Crippen LogP contribution in [0.25, 0.3) is 0 Å². The highest BCUT2D eigenvalue weighted by molar-refractivity contribution is 7.93. The Kier molecular flexibility index (Phi) is 10.2. The summed E-state index contributed by atoms with van der Waals surface area (Å²) in [5.41, 5.74) is 0.768. The average Bonchev–Trinajstić information content (AvgIpc) is 3.36. The molecule has 0 saturated carbocycles. The minimum atomic E-state index is -3.79. The van der Waals surface area contributed by atoms with E-state index in [4.69, 9.17) is 0 Å². The fourth-order valence-corrected chi connectivity index (χ4v) is 6.01. The molecule has 1 heterocycles. The molecule has 11 heteroatoms. The molecule has 2 atom stereocenters. The van der Waals surface area contributed by atoms with E-state index >= 15 is 0 Å². The van der Waals surface area contributed by atoms with Gasteiger partial charge in [0.15, 0.2) is 9.84 Å². The van der Waals surface area contributed by atoms with Gasteiger partial charge in [-0.1, -0.05) is 56.7 Å². The van der Waals surface area contributed by atoms with Crippen LogP contribution in [0.4, 0.5) is 4.79 Å². The Bertz CT molecular complexity index is 1060. The van der Waals surface area contributed by atoms with Gasteiger partial charge in [-0.2, -0.15) is 0 Å². The summed E-state index contributed by atoms with van der Waals surface area (Å²) < 4.78 is 25.6. The van der Waals surface area contributed by atoms with Crippen molar-refractivity contribution in [3.63, 3.8) is 0 Å². The third kappa shape index (κ3) is 7.93. The first-order valence-electron chi connectivity index (χ1n) is 10.9. The number of imide groups is 1. The van der Waals surface area contributed by atoms with Gasteiger partial charge < -0.3 is 10.6 Å². The third-order valence-corrected chi connectivity index (χ3v) is 8.51. The zero-order valence-corrected chi connectivity index (χ0v) is 21.1. The summed E-state index contributed by atoms with van der Waals surface area (Å²) in [5.74, 6) is -3.02. The number of nitrogens with zero attached hydrogens (tertiary/aromatic N) is 1. The van der Waals surface area contributed by atoms with Crippen molar-refractivity contribution in [1.29, 1.82) is 0 Å². The highest BCUT2D eigenvalue weighted by Crippen LogP contribution is 2.24. The molecule has 0 unspecified atom stereocenters. The molecular formula is C23H31N3O6S2. The SMILES string of the molecule is CNC(=O)[C@H](Cc1ccccc1)NC(=O)N(O)C(=O)[C@H](CCC(C)C)CS(=O)(=O)c1cccs1. The predicted molar refractivity (Wildman–Crippen MR) is 129 cm³/mol. The second-order valence-corrected chi connectivity index (χ2v) is 11.5. The lowest BCUT2D eigenvalue weighted by Crippen LogP contribution is -2.53. The number of likely N-dealkylation sites (N-methyl/N-ethyl adjacent to an activating group) is 1. The van der Waals surface area contributed by atoms with E-state index in [1.807, 2.05) is 19.9 Å². The molecule has 9 nitrogen and oxygen atoms in total. The lowest BCUT2D eigenvalue weighted by molar-refractivity contribution is -0.157. The van der Waals surface area contributed by atoms with E-state index in [0.29, 0.717) is 6.42 Å². The van der Waals surface area contributed by atoms with Gasteiger partial charge in [-0.25, -0.2) is 13.2 Å². The van der Waals surface area contributed by atoms with Crippen LogP contribution in [0, 0.1) is 11.8 Å². The molecule has 0 aliphatic heterocycles. The quantitative estimate of drug-likeness (QED) is 0.315. The second-order valence-electron chi connectivity index (χ2n) is 8.34. The number of hydroxylamine groups is 2. The van der Waals surface area contributed by atoms with E-state index in [2.05, 4.69) is 10.6 Å². The maximum atomic E-state index is 13.0. The molecule has 2 rings (SSSR count). The number of hydrogen-bond acceptors (Lipinski definition) is 7. The van der Waals surface area contributed by atoms with Crippen molar-refractivity contribution >= 4 is 39.0 Å². The lowest BCUT2D eigenvalue weighted by Gasteiger charge is -2.24. The smallest absolute Gasteiger partial charge is 0.349 e. The lowest BCUT2D eigenvalue weighted by atomic mass is 9.98. The number of carbonyl (C=O) groups excluding carboxylic acids is 3. The van der Waals surface area contributed by atoms with Gasteiger partial charge in [0.2, 0.25) is 5.91 Å². The fourth-order valence-electron chi connectivity index (χ4n) is 3.32. The Hall–Kier alpha value is -2.76. The number of benzene rings is 1. The average molecular weight is 510 g/mol. The Balaban J connectivity index is 2.17. The van der Waals surface area contributed by atoms with Crippen LogP contribution in [0.5, 0.6) is 0 Å². The van der Waals surface area contributed by atoms with Gasteiger partial charge in [-0.15, -0.1) is 16.4 Å². The first-order valence-corrected chi connectivity index (χ1v) is 13.4. The molecule has 0 aliphatic carbocycles. The molecule has 0 saturated heterocycles. The summed E-state index contributed by atoms with van der Waals surface area (Å²) in [6.45, 7) is 3.85. The molecule has 0 aliphatic rings. The van der Waals surface area contributed by atoms with Crippen molar-refractivity contribution in [2.45, 2.75) is 43.4 Å². The minimum Gasteiger partial charge on any atom is -0.357 e. The van der Waals surface area contributed by atoms with Crippen LogP contribution in [-0.4, -0.2) is 55.4 Å². The summed E-state index contributed by atoms with van der Waals surface area (Å²) in [5, 5.41) is 16.7. The third-order valence-electron chi connectivity index (χ3n) is 5.21. The van der Waals surface area contributed by atoms with Gasteiger partial charge in [0.1, 0.15) is 10.3 Å². The van der Waals surface area contributed by atoms with Crippen molar-refractivity contribution in [2.75, 3.05) is 12.8 Å². The van der Waals surface area contributed by atoms with Gasteiger partial charge >= 0.3 is 6.03 Å². The van der Waals surface area contributed by atoms with E-state index in [-0.39, 0.29) is 28.0 Å². The number of amides is 4. The van der Waals surface area contributed by atoms with E-state index in [9.17, 15) is 28.0 Å². The second kappa shape index (κ2) is 12.6. The zero-order valence-electron chi connectivity index (χ0n) is 19.4. The van der Waals surface area contributed by atoms with Crippen LogP contribution in [0.2, 0.25) is 0 Å². The fraction of sp³-hybridized carbons (Fsp3) is 0.435. The standard InChI is InChI=1S/C23H31N3O6S2/c1-16(2)11-12-18(15-34(31,32)20-10-7-13-33-20)22(28)26(30)23(29)25-19(21(27)24-3)14-17-8-5-4-6-9-17/h4-10,13,16,18-19,30H,11-12,14-15H2,1-3H3,(H,24,27)(H,25,29)/t18-,19+/m1/s1. The summed E-state index contributed by atoms with van der Waals surface area (Å²) in [6, 6.07) is 9.74. The molecule has 3 N–H and O–H groups in total. The molecule has 4 amide bonds. The van der Waals surface area contributed by atoms with Crippen molar-refractivity contribution in [2.24, 2.45) is 11.8 Å². The molecule has 1 aromatic carbocycles. The highest BCUT2D eigenvalue weighted by Gasteiger charge is 2.34. The molecule has 0 fully saturated rings. The predicted octanol–water partition coefficient (Wildman–Crippen LogP) is 2.86. The van der Waals surface area contributed by atoms with E-state index in [1.54, 1.807) is 35.7 Å². The number of sulfone groups is 1. The minimum absolute atomic E-state index is 0.115. The largest absolute Gasteiger partial charge is 0.357 e. The number of hydrogen-bond donors (Lipinski definition) is 3. The van der Waals surface area contributed by atoms with Crippen molar-refractivity contribution < 1.29 is 28.0 Å². The maximum absolute atomic E-state index is 13.0. The van der Waals surface area contributed by atoms with Gasteiger partial charge in [0.05, 0.1) is 11.7 Å². The summed E-state index contributed by atoms with van der Waals surface area (Å²) in [6.07, 6.45) is 0.840. The van der Waals surface area contributed by atoms with E-state index in [1.165, 1.54) is 13.1 Å². The van der Waals surface area contributed by atoms with Gasteiger partial charge in [0.25, 0.3) is 5.91 Å². The first-order chi connectivity index (χ1) is 16.0. The maximum Gasteiger partial charge on any atom is 0.349 e. The number of thiophene rings is 1. The molecule has 34 heavy (non-hydrogen) atoms. The van der Waals surface area contributed by atoms with Gasteiger partial charge in [-0.05, 0) is 29.3 Å². The van der Waals surface area contributed by atoms with Crippen molar-refractivity contribution in [1.82, 2.24) is 15.7 Å². The van der Waals surface area contributed by atoms with Crippen molar-refractivity contribution in [3.05, 3.63) is 53.4 Å². The van der Waals surface area contributed by atoms with Crippen LogP contribution < -0.4 is 10.6 Å². The molecule has 2 aromatic rings. The van der Waals surface area contributed by atoms with Crippen LogP contribution in [0.15, 0.2) is 52.1 Å². The highest BCUT2D eigenvalue weighted by atomic mass is 32.2. The molecular weight excluding hydrogens is 478 g/mol. The summed E-state index contributed by atoms with van der Waals surface area (Å²) in [7, 11) is -2.38. The molecule has 186 valence electrons.